The van der Waals surface area contributed by atoms with Crippen LogP contribution in [0.2, 0.25) is 0 Å². The first-order valence-electron chi connectivity index (χ1n) is 8.35. The van der Waals surface area contributed by atoms with Crippen LogP contribution in [0.1, 0.15) is 11.1 Å². The van der Waals surface area contributed by atoms with Gasteiger partial charge in [-0.2, -0.15) is 0 Å². The van der Waals surface area contributed by atoms with Crippen molar-refractivity contribution in [3.63, 3.8) is 0 Å². The topological polar surface area (TPSA) is 9.72 Å². The van der Waals surface area contributed by atoms with Crippen LogP contribution in [0.15, 0.2) is 36.4 Å². The van der Waals surface area contributed by atoms with E-state index < -0.39 is 0 Å². The van der Waals surface area contributed by atoms with Gasteiger partial charge in [-0.3, -0.25) is 9.80 Å². The van der Waals surface area contributed by atoms with E-state index in [1.165, 1.54) is 31.3 Å². The molecule has 128 valence electrons. The Labute approximate surface area is 149 Å². The Bertz CT molecular complexity index is 835. The monoisotopic (exact) mass is 341 g/mol. The lowest BCUT2D eigenvalue weighted by atomic mass is 10.0. The van der Waals surface area contributed by atoms with E-state index in [1.807, 2.05) is 11.3 Å². The fourth-order valence-electron chi connectivity index (χ4n) is 3.36. The van der Waals surface area contributed by atoms with Gasteiger partial charge in [-0.1, -0.05) is 24.3 Å². The molecule has 0 aliphatic rings. The predicted octanol–water partition coefficient (Wildman–Crippen LogP) is 4.07. The number of thiophene rings is 1. The van der Waals surface area contributed by atoms with Gasteiger partial charge in [0.05, 0.1) is 6.67 Å². The summed E-state index contributed by atoms with van der Waals surface area (Å²) in [7, 11) is 10.6. The van der Waals surface area contributed by atoms with Crippen molar-refractivity contribution >= 4 is 31.5 Å². The van der Waals surface area contributed by atoms with Gasteiger partial charge < -0.3 is 4.90 Å². The number of hydrogen-bond donors (Lipinski definition) is 0. The van der Waals surface area contributed by atoms with E-state index >= 15 is 0 Å². The Morgan fingerprint density at radius 1 is 0.833 bits per heavy atom. The van der Waals surface area contributed by atoms with E-state index in [2.05, 4.69) is 86.3 Å². The highest BCUT2D eigenvalue weighted by atomic mass is 32.1. The quantitative estimate of drug-likeness (QED) is 0.626. The molecule has 0 bridgehead atoms. The summed E-state index contributed by atoms with van der Waals surface area (Å²) in [4.78, 5) is 6.79. The maximum Gasteiger partial charge on any atom is 0.0501 e. The molecule has 1 aromatic heterocycles. The van der Waals surface area contributed by atoms with E-state index in [9.17, 15) is 0 Å². The first-order valence-corrected chi connectivity index (χ1v) is 9.16. The Hall–Kier alpha value is -1.46. The molecule has 0 amide bonds. The first kappa shape index (κ1) is 17.4. The third kappa shape index (κ3) is 3.78. The molecule has 0 atom stereocenters. The maximum absolute atomic E-state index is 2.36. The van der Waals surface area contributed by atoms with Crippen LogP contribution in [0.25, 0.3) is 20.2 Å². The van der Waals surface area contributed by atoms with Gasteiger partial charge in [0.15, 0.2) is 0 Å². The van der Waals surface area contributed by atoms with Crippen LogP contribution in [0, 0.1) is 0 Å². The van der Waals surface area contributed by atoms with Crippen molar-refractivity contribution in [2.45, 2.75) is 13.1 Å². The molecular formula is C20H27N3S. The molecule has 0 aliphatic heterocycles. The van der Waals surface area contributed by atoms with Crippen LogP contribution < -0.4 is 0 Å². The van der Waals surface area contributed by atoms with Crippen LogP contribution in [-0.2, 0) is 13.1 Å². The average Bonchev–Trinajstić information content (AvgIpc) is 2.84. The summed E-state index contributed by atoms with van der Waals surface area (Å²) in [6.07, 6.45) is 0. The van der Waals surface area contributed by atoms with Crippen molar-refractivity contribution in [3.8, 4) is 0 Å². The number of hydrogen-bond acceptors (Lipinski definition) is 4. The Morgan fingerprint density at radius 3 is 2.33 bits per heavy atom. The van der Waals surface area contributed by atoms with Gasteiger partial charge >= 0.3 is 0 Å². The molecule has 0 radical (unpaired) electrons. The van der Waals surface area contributed by atoms with Gasteiger partial charge in [-0.15, -0.1) is 11.3 Å². The number of nitrogens with zero attached hydrogens (tertiary/aromatic N) is 3. The molecule has 4 heteroatoms. The minimum Gasteiger partial charge on any atom is -0.305 e. The second-order valence-corrected chi connectivity index (χ2v) is 8.28. The van der Waals surface area contributed by atoms with Crippen LogP contribution in [0.4, 0.5) is 0 Å². The van der Waals surface area contributed by atoms with E-state index in [-0.39, 0.29) is 0 Å². The van der Waals surface area contributed by atoms with Gasteiger partial charge in [0.2, 0.25) is 0 Å². The molecule has 2 aromatic carbocycles. The normalized spacial score (nSPS) is 12.3. The molecule has 0 aliphatic carbocycles. The predicted molar refractivity (Wildman–Crippen MR) is 107 cm³/mol. The van der Waals surface area contributed by atoms with Crippen molar-refractivity contribution in [2.24, 2.45) is 0 Å². The Kier molecular flexibility index (Phi) is 5.21. The molecule has 0 fully saturated rings. The molecule has 1 heterocycles. The largest absolute Gasteiger partial charge is 0.305 e. The van der Waals surface area contributed by atoms with Crippen molar-refractivity contribution in [3.05, 3.63) is 47.5 Å². The molecule has 0 saturated carbocycles. The van der Waals surface area contributed by atoms with Gasteiger partial charge in [-0.05, 0) is 58.5 Å². The number of rotatable bonds is 6. The molecule has 24 heavy (non-hydrogen) atoms. The van der Waals surface area contributed by atoms with Crippen LogP contribution in [-0.4, -0.2) is 56.6 Å². The van der Waals surface area contributed by atoms with Gasteiger partial charge in [0.1, 0.15) is 0 Å². The third-order valence-corrected chi connectivity index (χ3v) is 5.23. The zero-order valence-corrected chi connectivity index (χ0v) is 16.2. The summed E-state index contributed by atoms with van der Waals surface area (Å²) >= 11 is 1.91. The number of benzene rings is 2. The van der Waals surface area contributed by atoms with E-state index in [0.29, 0.717) is 0 Å². The standard InChI is InChI=1S/C20H27N3S/c1-21(2)12-15-9-10-17-19(11-15)24-18-8-6-7-16(20(17)18)13-23(5)14-22(3)4/h6-11H,12-14H2,1-5H3. The Balaban J connectivity index is 2.01. The minimum absolute atomic E-state index is 0.964. The van der Waals surface area contributed by atoms with Crippen LogP contribution in [0.5, 0.6) is 0 Å². The molecule has 3 rings (SSSR count). The van der Waals surface area contributed by atoms with E-state index in [0.717, 1.165) is 19.8 Å². The lowest BCUT2D eigenvalue weighted by Crippen LogP contribution is -2.29. The summed E-state index contributed by atoms with van der Waals surface area (Å²) < 4.78 is 2.79. The van der Waals surface area contributed by atoms with Crippen molar-refractivity contribution in [2.75, 3.05) is 41.9 Å². The van der Waals surface area contributed by atoms with Crippen LogP contribution >= 0.6 is 11.3 Å². The summed E-state index contributed by atoms with van der Waals surface area (Å²) in [6.45, 7) is 2.93. The fraction of sp³-hybridized carbons (Fsp3) is 0.400. The molecular weight excluding hydrogens is 314 g/mol. The summed E-state index contributed by atoms with van der Waals surface area (Å²) in [5, 5.41) is 2.82. The molecule has 0 unspecified atom stereocenters. The molecule has 3 aromatic rings. The third-order valence-electron chi connectivity index (χ3n) is 4.11. The van der Waals surface area contributed by atoms with Crippen molar-refractivity contribution < 1.29 is 0 Å². The second-order valence-electron chi connectivity index (χ2n) is 7.20. The molecule has 0 spiro atoms. The average molecular weight is 342 g/mol. The van der Waals surface area contributed by atoms with Crippen molar-refractivity contribution in [1.82, 2.24) is 14.7 Å². The zero-order valence-electron chi connectivity index (χ0n) is 15.3. The highest BCUT2D eigenvalue weighted by molar-refractivity contribution is 7.25. The molecule has 0 saturated heterocycles. The Morgan fingerprint density at radius 2 is 1.62 bits per heavy atom. The van der Waals surface area contributed by atoms with Crippen LogP contribution in [0.3, 0.4) is 0 Å². The summed E-state index contributed by atoms with van der Waals surface area (Å²) in [6, 6.07) is 13.7. The van der Waals surface area contributed by atoms with Crippen molar-refractivity contribution in [1.29, 1.82) is 0 Å². The SMILES string of the molecule is CN(C)Cc1ccc2c(c1)sc1cccc(CN(C)CN(C)C)c12. The molecule has 0 N–H and O–H groups in total. The van der Waals surface area contributed by atoms with E-state index in [4.69, 9.17) is 0 Å². The lowest BCUT2D eigenvalue weighted by Gasteiger charge is -2.21. The highest BCUT2D eigenvalue weighted by Gasteiger charge is 2.12. The molecule has 3 nitrogen and oxygen atoms in total. The fourth-order valence-corrected chi connectivity index (χ4v) is 4.58. The smallest absolute Gasteiger partial charge is 0.0501 e. The van der Waals surface area contributed by atoms with Gasteiger partial charge in [-0.25, -0.2) is 0 Å². The second kappa shape index (κ2) is 7.19. The van der Waals surface area contributed by atoms with Gasteiger partial charge in [0.25, 0.3) is 0 Å². The summed E-state index contributed by atoms with van der Waals surface area (Å²) in [5.74, 6) is 0. The van der Waals surface area contributed by atoms with Gasteiger partial charge in [0, 0.05) is 33.3 Å². The lowest BCUT2D eigenvalue weighted by molar-refractivity contribution is 0.205. The minimum atomic E-state index is 0.964. The number of fused-ring (bicyclic) bond motifs is 3. The maximum atomic E-state index is 2.36. The zero-order chi connectivity index (χ0) is 17.3. The first-order chi connectivity index (χ1) is 11.4. The van der Waals surface area contributed by atoms with E-state index in [1.54, 1.807) is 0 Å². The summed E-state index contributed by atoms with van der Waals surface area (Å²) in [5.41, 5.74) is 2.80. The highest BCUT2D eigenvalue weighted by Crippen LogP contribution is 2.36.